The summed E-state index contributed by atoms with van der Waals surface area (Å²) >= 11 is 3.34. The molecule has 0 unspecified atom stereocenters. The molecule has 2 aromatic rings. The number of anilines is 1. The molecule has 1 amide bonds. The molecule has 6 nitrogen and oxygen atoms in total. The van der Waals surface area contributed by atoms with E-state index < -0.39 is 10.0 Å². The van der Waals surface area contributed by atoms with Gasteiger partial charge in [-0.1, -0.05) is 47.3 Å². The smallest absolute Gasteiger partial charge is 0.243 e. The number of nitriles is 1. The molecule has 0 aromatic heterocycles. The van der Waals surface area contributed by atoms with Crippen LogP contribution in [-0.4, -0.2) is 31.2 Å². The lowest BCUT2D eigenvalue weighted by atomic mass is 9.95. The molecule has 2 fully saturated rings. The first-order chi connectivity index (χ1) is 15.3. The third kappa shape index (κ3) is 4.90. The van der Waals surface area contributed by atoms with Crippen LogP contribution in [0.2, 0.25) is 0 Å². The van der Waals surface area contributed by atoms with Gasteiger partial charge in [-0.3, -0.25) is 4.79 Å². The molecule has 2 aliphatic carbocycles. The normalized spacial score (nSPS) is 18.2. The summed E-state index contributed by atoms with van der Waals surface area (Å²) in [6.45, 7) is -0.229. The monoisotopic (exact) mass is 515 g/mol. The van der Waals surface area contributed by atoms with Crippen LogP contribution in [0.5, 0.6) is 0 Å². The van der Waals surface area contributed by atoms with Crippen LogP contribution in [0.4, 0.5) is 5.69 Å². The molecule has 0 atom stereocenters. The fraction of sp³-hybridized carbons (Fsp3) is 0.417. The Balaban J connectivity index is 1.51. The van der Waals surface area contributed by atoms with E-state index in [-0.39, 0.29) is 28.8 Å². The zero-order valence-electron chi connectivity index (χ0n) is 17.8. The number of hydrogen-bond donors (Lipinski definition) is 1. The van der Waals surface area contributed by atoms with Crippen LogP contribution in [0.3, 0.4) is 0 Å². The maximum atomic E-state index is 13.4. The molecule has 2 saturated carbocycles. The Morgan fingerprint density at radius 1 is 1.06 bits per heavy atom. The molecule has 2 aromatic carbocycles. The predicted octanol–water partition coefficient (Wildman–Crippen LogP) is 4.97. The van der Waals surface area contributed by atoms with Gasteiger partial charge in [-0.2, -0.15) is 9.57 Å². The van der Waals surface area contributed by atoms with Crippen LogP contribution in [0.25, 0.3) is 0 Å². The molecule has 1 N–H and O–H groups in total. The number of benzene rings is 2. The Morgan fingerprint density at radius 2 is 1.69 bits per heavy atom. The fourth-order valence-electron chi connectivity index (χ4n) is 4.33. The standard InChI is InChI=1S/C24H26BrN3O3S/c25-19-8-12-22(13-9-19)32(30,31)28(21-4-2-1-3-5-21)16-23(29)27-20-10-6-18(7-11-20)24(17-26)14-15-24/h6-13,21H,1-5,14-16H2,(H,27,29). The van der Waals surface area contributed by atoms with Crippen molar-refractivity contribution in [2.24, 2.45) is 0 Å². The van der Waals surface area contributed by atoms with Gasteiger partial charge in [-0.05, 0) is 67.6 Å². The summed E-state index contributed by atoms with van der Waals surface area (Å²) in [7, 11) is -3.81. The molecule has 0 aliphatic heterocycles. The molecule has 2 aliphatic rings. The lowest BCUT2D eigenvalue weighted by molar-refractivity contribution is -0.116. The second-order valence-electron chi connectivity index (χ2n) is 8.62. The van der Waals surface area contributed by atoms with Gasteiger partial charge in [0, 0.05) is 16.2 Å². The SMILES string of the molecule is N#CC1(c2ccc(NC(=O)CN(C3CCCCC3)S(=O)(=O)c3ccc(Br)cc3)cc2)CC1. The summed E-state index contributed by atoms with van der Waals surface area (Å²) in [5.74, 6) is -0.370. The first-order valence-electron chi connectivity index (χ1n) is 10.9. The Labute approximate surface area is 197 Å². The van der Waals surface area contributed by atoms with Gasteiger partial charge >= 0.3 is 0 Å². The van der Waals surface area contributed by atoms with E-state index in [9.17, 15) is 18.5 Å². The topological polar surface area (TPSA) is 90.3 Å². The van der Waals surface area contributed by atoms with E-state index in [1.807, 2.05) is 12.1 Å². The van der Waals surface area contributed by atoms with E-state index in [2.05, 4.69) is 27.3 Å². The average molecular weight is 516 g/mol. The molecule has 0 radical (unpaired) electrons. The second kappa shape index (κ2) is 9.34. The molecule has 0 spiro atoms. The second-order valence-corrected chi connectivity index (χ2v) is 11.4. The summed E-state index contributed by atoms with van der Waals surface area (Å²) in [5.41, 5.74) is 1.18. The van der Waals surface area contributed by atoms with Gasteiger partial charge < -0.3 is 5.32 Å². The molecule has 168 valence electrons. The van der Waals surface area contributed by atoms with Crippen LogP contribution < -0.4 is 5.32 Å². The van der Waals surface area contributed by atoms with E-state index in [0.717, 1.165) is 55.0 Å². The highest BCUT2D eigenvalue weighted by Crippen LogP contribution is 2.47. The summed E-state index contributed by atoms with van der Waals surface area (Å²) < 4.78 is 29.0. The maximum Gasteiger partial charge on any atom is 0.243 e. The van der Waals surface area contributed by atoms with Crippen LogP contribution >= 0.6 is 15.9 Å². The lowest BCUT2D eigenvalue weighted by Crippen LogP contribution is -2.45. The van der Waals surface area contributed by atoms with E-state index in [0.29, 0.717) is 5.69 Å². The molecule has 32 heavy (non-hydrogen) atoms. The highest BCUT2D eigenvalue weighted by atomic mass is 79.9. The Kier molecular flexibility index (Phi) is 6.70. The number of amides is 1. The summed E-state index contributed by atoms with van der Waals surface area (Å²) in [6, 6.07) is 16.0. The van der Waals surface area contributed by atoms with Crippen molar-refractivity contribution in [2.75, 3.05) is 11.9 Å². The zero-order chi connectivity index (χ0) is 22.8. The molecular formula is C24H26BrN3O3S. The Bertz CT molecular complexity index is 1110. The van der Waals surface area contributed by atoms with Gasteiger partial charge in [0.2, 0.25) is 15.9 Å². The van der Waals surface area contributed by atoms with Crippen molar-refractivity contribution in [3.63, 3.8) is 0 Å². The molecule has 0 saturated heterocycles. The quantitative estimate of drug-likeness (QED) is 0.563. The zero-order valence-corrected chi connectivity index (χ0v) is 20.2. The molecule has 0 bridgehead atoms. The van der Waals surface area contributed by atoms with E-state index >= 15 is 0 Å². The first-order valence-corrected chi connectivity index (χ1v) is 13.2. The number of carbonyl (C=O) groups excluding carboxylic acids is 1. The van der Waals surface area contributed by atoms with Crippen molar-refractivity contribution in [3.8, 4) is 6.07 Å². The summed E-state index contributed by atoms with van der Waals surface area (Å²) in [5, 5.41) is 12.2. The number of nitrogens with zero attached hydrogens (tertiary/aromatic N) is 2. The number of nitrogens with one attached hydrogen (secondary N) is 1. The summed E-state index contributed by atoms with van der Waals surface area (Å²) in [6.07, 6.45) is 6.24. The first kappa shape index (κ1) is 23.0. The highest BCUT2D eigenvalue weighted by molar-refractivity contribution is 9.10. The van der Waals surface area contributed by atoms with Crippen molar-refractivity contribution in [3.05, 3.63) is 58.6 Å². The molecule has 4 rings (SSSR count). The highest BCUT2D eigenvalue weighted by Gasteiger charge is 2.44. The Hall–Kier alpha value is -2.21. The summed E-state index contributed by atoms with van der Waals surface area (Å²) in [4.78, 5) is 13.1. The van der Waals surface area contributed by atoms with Crippen LogP contribution in [0, 0.1) is 11.3 Å². The molecule has 8 heteroatoms. The molecular weight excluding hydrogens is 490 g/mol. The number of carbonyl (C=O) groups is 1. The van der Waals surface area contributed by atoms with Gasteiger partial charge in [0.05, 0.1) is 22.9 Å². The largest absolute Gasteiger partial charge is 0.325 e. The third-order valence-corrected chi connectivity index (χ3v) is 8.83. The minimum absolute atomic E-state index is 0.184. The molecule has 0 heterocycles. The van der Waals surface area contributed by atoms with Crippen LogP contribution in [0.1, 0.15) is 50.5 Å². The van der Waals surface area contributed by atoms with Crippen molar-refractivity contribution < 1.29 is 13.2 Å². The van der Waals surface area contributed by atoms with Gasteiger partial charge in [-0.25, -0.2) is 8.42 Å². The van der Waals surface area contributed by atoms with E-state index in [4.69, 9.17) is 0 Å². The minimum atomic E-state index is -3.81. The average Bonchev–Trinajstić information content (AvgIpc) is 3.60. The Morgan fingerprint density at radius 3 is 2.25 bits per heavy atom. The number of rotatable bonds is 7. The van der Waals surface area contributed by atoms with Gasteiger partial charge in [0.25, 0.3) is 0 Å². The van der Waals surface area contributed by atoms with Crippen molar-refractivity contribution in [1.29, 1.82) is 5.26 Å². The van der Waals surface area contributed by atoms with Crippen molar-refractivity contribution in [2.45, 2.75) is 61.3 Å². The van der Waals surface area contributed by atoms with Gasteiger partial charge in [0.1, 0.15) is 0 Å². The van der Waals surface area contributed by atoms with Crippen molar-refractivity contribution in [1.82, 2.24) is 4.31 Å². The van der Waals surface area contributed by atoms with Crippen LogP contribution in [0.15, 0.2) is 57.9 Å². The minimum Gasteiger partial charge on any atom is -0.325 e. The lowest BCUT2D eigenvalue weighted by Gasteiger charge is -2.33. The van der Waals surface area contributed by atoms with Crippen LogP contribution in [-0.2, 0) is 20.2 Å². The number of sulfonamides is 1. The van der Waals surface area contributed by atoms with Gasteiger partial charge in [-0.15, -0.1) is 0 Å². The maximum absolute atomic E-state index is 13.4. The van der Waals surface area contributed by atoms with Crippen molar-refractivity contribution >= 4 is 37.5 Å². The van der Waals surface area contributed by atoms with E-state index in [1.54, 1.807) is 36.4 Å². The third-order valence-electron chi connectivity index (χ3n) is 6.39. The van der Waals surface area contributed by atoms with Gasteiger partial charge in [0.15, 0.2) is 0 Å². The van der Waals surface area contributed by atoms with E-state index in [1.165, 1.54) is 4.31 Å². The predicted molar refractivity (Wildman–Crippen MR) is 127 cm³/mol. The fourth-order valence-corrected chi connectivity index (χ4v) is 6.23. The number of halogens is 1. The number of hydrogen-bond acceptors (Lipinski definition) is 4.